The van der Waals surface area contributed by atoms with Gasteiger partial charge in [0.15, 0.2) is 0 Å². The van der Waals surface area contributed by atoms with Gasteiger partial charge in [-0.2, -0.15) is 0 Å². The van der Waals surface area contributed by atoms with Crippen LogP contribution in [0.5, 0.6) is 0 Å². The Hall–Kier alpha value is -0.0900. The zero-order valence-electron chi connectivity index (χ0n) is 12.0. The highest BCUT2D eigenvalue weighted by molar-refractivity contribution is 9.10. The van der Waals surface area contributed by atoms with Crippen molar-refractivity contribution in [1.29, 1.82) is 0 Å². The van der Waals surface area contributed by atoms with Crippen molar-refractivity contribution < 1.29 is 5.11 Å². The van der Waals surface area contributed by atoms with E-state index in [0.717, 1.165) is 29.5 Å². The smallest absolute Gasteiger partial charge is 0.0816 e. The standard InChI is InChI=1S/C16H23BrClNO/c1-12-5-3-2-4-9-19(12)10-8-16(20)14-7-6-13(17)11-15(14)18/h6-7,11-12,16,20H,2-5,8-10H2,1H3. The molecule has 0 saturated carbocycles. The van der Waals surface area contributed by atoms with Gasteiger partial charge in [0, 0.05) is 22.1 Å². The number of likely N-dealkylation sites (tertiary alicyclic amines) is 1. The van der Waals surface area contributed by atoms with Crippen LogP contribution >= 0.6 is 27.5 Å². The van der Waals surface area contributed by atoms with Gasteiger partial charge in [0.25, 0.3) is 0 Å². The van der Waals surface area contributed by atoms with Crippen molar-refractivity contribution in [3.63, 3.8) is 0 Å². The number of halogens is 2. The molecule has 1 N–H and O–H groups in total. The van der Waals surface area contributed by atoms with Gasteiger partial charge in [0.05, 0.1) is 6.10 Å². The second-order valence-electron chi connectivity index (χ2n) is 5.70. The van der Waals surface area contributed by atoms with Gasteiger partial charge in [-0.25, -0.2) is 0 Å². The monoisotopic (exact) mass is 359 g/mol. The van der Waals surface area contributed by atoms with E-state index in [1.807, 2.05) is 18.2 Å². The van der Waals surface area contributed by atoms with E-state index in [4.69, 9.17) is 11.6 Å². The van der Waals surface area contributed by atoms with E-state index in [0.29, 0.717) is 11.1 Å². The highest BCUT2D eigenvalue weighted by atomic mass is 79.9. The minimum absolute atomic E-state index is 0.481. The molecular weight excluding hydrogens is 338 g/mol. The van der Waals surface area contributed by atoms with E-state index in [9.17, 15) is 5.11 Å². The molecule has 112 valence electrons. The van der Waals surface area contributed by atoms with E-state index in [-0.39, 0.29) is 0 Å². The van der Waals surface area contributed by atoms with Crippen LogP contribution in [0.2, 0.25) is 5.02 Å². The molecular formula is C16H23BrClNO. The number of hydrogen-bond acceptors (Lipinski definition) is 2. The van der Waals surface area contributed by atoms with Crippen molar-refractivity contribution in [1.82, 2.24) is 4.90 Å². The van der Waals surface area contributed by atoms with Gasteiger partial charge in [0.2, 0.25) is 0 Å². The summed E-state index contributed by atoms with van der Waals surface area (Å²) >= 11 is 9.59. The second-order valence-corrected chi connectivity index (χ2v) is 7.03. The molecule has 0 amide bonds. The van der Waals surface area contributed by atoms with Gasteiger partial charge >= 0.3 is 0 Å². The van der Waals surface area contributed by atoms with Gasteiger partial charge in [-0.1, -0.05) is 46.4 Å². The molecule has 2 unspecified atom stereocenters. The maximum Gasteiger partial charge on any atom is 0.0816 e. The lowest BCUT2D eigenvalue weighted by molar-refractivity contribution is 0.128. The van der Waals surface area contributed by atoms with Crippen molar-refractivity contribution in [3.05, 3.63) is 33.3 Å². The largest absolute Gasteiger partial charge is 0.388 e. The molecule has 2 nitrogen and oxygen atoms in total. The summed E-state index contributed by atoms with van der Waals surface area (Å²) in [5.41, 5.74) is 0.831. The number of aliphatic hydroxyl groups is 1. The van der Waals surface area contributed by atoms with Gasteiger partial charge in [-0.3, -0.25) is 0 Å². The average Bonchev–Trinajstić information content (AvgIpc) is 2.61. The predicted molar refractivity (Wildman–Crippen MR) is 88.2 cm³/mol. The first kappa shape index (κ1) is 16.3. The molecule has 2 rings (SSSR count). The highest BCUT2D eigenvalue weighted by Gasteiger charge is 2.19. The van der Waals surface area contributed by atoms with Gasteiger partial charge in [-0.05, 0) is 50.4 Å². The van der Waals surface area contributed by atoms with Crippen molar-refractivity contribution in [2.75, 3.05) is 13.1 Å². The third kappa shape index (κ3) is 4.45. The van der Waals surface area contributed by atoms with Crippen LogP contribution in [0, 0.1) is 0 Å². The Morgan fingerprint density at radius 1 is 1.40 bits per heavy atom. The van der Waals surface area contributed by atoms with Crippen LogP contribution in [0.25, 0.3) is 0 Å². The van der Waals surface area contributed by atoms with Crippen molar-refractivity contribution in [2.45, 2.75) is 51.2 Å². The van der Waals surface area contributed by atoms with Crippen LogP contribution in [0.1, 0.15) is 50.7 Å². The number of aliphatic hydroxyl groups excluding tert-OH is 1. The van der Waals surface area contributed by atoms with Crippen LogP contribution in [-0.4, -0.2) is 29.1 Å². The van der Waals surface area contributed by atoms with Gasteiger partial charge in [0.1, 0.15) is 0 Å². The van der Waals surface area contributed by atoms with E-state index >= 15 is 0 Å². The molecule has 0 spiro atoms. The average molecular weight is 361 g/mol. The predicted octanol–water partition coefficient (Wildman–Crippen LogP) is 4.79. The zero-order valence-corrected chi connectivity index (χ0v) is 14.3. The molecule has 1 heterocycles. The fourth-order valence-corrected chi connectivity index (χ4v) is 3.68. The van der Waals surface area contributed by atoms with Crippen LogP contribution in [0.4, 0.5) is 0 Å². The molecule has 0 aliphatic carbocycles. The molecule has 20 heavy (non-hydrogen) atoms. The highest BCUT2D eigenvalue weighted by Crippen LogP contribution is 2.29. The number of rotatable bonds is 4. The minimum Gasteiger partial charge on any atom is -0.388 e. The van der Waals surface area contributed by atoms with Crippen LogP contribution < -0.4 is 0 Å². The first-order chi connectivity index (χ1) is 9.58. The van der Waals surface area contributed by atoms with E-state index in [1.165, 1.54) is 25.7 Å². The quantitative estimate of drug-likeness (QED) is 0.834. The lowest BCUT2D eigenvalue weighted by Gasteiger charge is -2.28. The Balaban J connectivity index is 1.92. The Morgan fingerprint density at radius 2 is 2.20 bits per heavy atom. The summed E-state index contributed by atoms with van der Waals surface area (Å²) in [7, 11) is 0. The summed E-state index contributed by atoms with van der Waals surface area (Å²) in [6.45, 7) is 4.39. The third-order valence-electron chi connectivity index (χ3n) is 4.20. The summed E-state index contributed by atoms with van der Waals surface area (Å²) in [6.07, 6.45) is 5.48. The second kappa shape index (κ2) is 7.79. The molecule has 1 saturated heterocycles. The van der Waals surface area contributed by atoms with Crippen LogP contribution in [0.15, 0.2) is 22.7 Å². The summed E-state index contributed by atoms with van der Waals surface area (Å²) in [6, 6.07) is 6.31. The fourth-order valence-electron chi connectivity index (χ4n) is 2.88. The minimum atomic E-state index is -0.481. The van der Waals surface area contributed by atoms with Crippen LogP contribution in [-0.2, 0) is 0 Å². The topological polar surface area (TPSA) is 23.5 Å². The molecule has 0 aromatic heterocycles. The molecule has 1 fully saturated rings. The summed E-state index contributed by atoms with van der Waals surface area (Å²) in [4.78, 5) is 2.50. The first-order valence-electron chi connectivity index (χ1n) is 7.45. The molecule has 1 aromatic rings. The van der Waals surface area contributed by atoms with Gasteiger partial charge < -0.3 is 10.0 Å². The van der Waals surface area contributed by atoms with Crippen molar-refractivity contribution in [3.8, 4) is 0 Å². The molecule has 1 aliphatic rings. The lowest BCUT2D eigenvalue weighted by Crippen LogP contribution is -2.34. The summed E-state index contributed by atoms with van der Waals surface area (Å²) in [5.74, 6) is 0. The molecule has 0 bridgehead atoms. The maximum absolute atomic E-state index is 10.4. The van der Waals surface area contributed by atoms with E-state index in [1.54, 1.807) is 0 Å². The Kier molecular flexibility index (Phi) is 6.34. The molecule has 1 aliphatic heterocycles. The van der Waals surface area contributed by atoms with Crippen molar-refractivity contribution in [2.24, 2.45) is 0 Å². The lowest BCUT2D eigenvalue weighted by atomic mass is 10.1. The first-order valence-corrected chi connectivity index (χ1v) is 8.62. The number of nitrogens with zero attached hydrogens (tertiary/aromatic N) is 1. The Labute approximate surface area is 135 Å². The fraction of sp³-hybridized carbons (Fsp3) is 0.625. The number of benzene rings is 1. The van der Waals surface area contributed by atoms with Gasteiger partial charge in [-0.15, -0.1) is 0 Å². The van der Waals surface area contributed by atoms with Crippen molar-refractivity contribution >= 4 is 27.5 Å². The summed E-state index contributed by atoms with van der Waals surface area (Å²) < 4.78 is 0.944. The van der Waals surface area contributed by atoms with Crippen LogP contribution in [0.3, 0.4) is 0 Å². The normalized spacial score (nSPS) is 22.5. The molecule has 0 radical (unpaired) electrons. The molecule has 2 atom stereocenters. The van der Waals surface area contributed by atoms with E-state index < -0.39 is 6.10 Å². The molecule has 4 heteroatoms. The maximum atomic E-state index is 10.4. The Morgan fingerprint density at radius 3 is 2.95 bits per heavy atom. The molecule has 1 aromatic carbocycles. The zero-order chi connectivity index (χ0) is 14.5. The SMILES string of the molecule is CC1CCCCCN1CCC(O)c1ccc(Br)cc1Cl. The number of hydrogen-bond donors (Lipinski definition) is 1. The Bertz CT molecular complexity index is 440. The summed E-state index contributed by atoms with van der Waals surface area (Å²) in [5, 5.41) is 11.0. The third-order valence-corrected chi connectivity index (χ3v) is 5.02. The van der Waals surface area contributed by atoms with E-state index in [2.05, 4.69) is 27.8 Å².